The number of likely N-dealkylation sites (N-methyl/N-ethyl adjacent to an activating group) is 1. The molecule has 0 aliphatic carbocycles. The number of ether oxygens (including phenoxy) is 1. The van der Waals surface area contributed by atoms with Crippen LogP contribution in [-0.2, 0) is 9.84 Å². The number of thiazole rings is 1. The first-order valence-corrected chi connectivity index (χ1v) is 11.6. The average molecular weight is 470 g/mol. The molecule has 3 aromatic rings. The van der Waals surface area contributed by atoms with Crippen LogP contribution in [0.5, 0.6) is 5.75 Å². The van der Waals surface area contributed by atoms with E-state index in [1.54, 1.807) is 12.0 Å². The minimum atomic E-state index is -3.32. The van der Waals surface area contributed by atoms with E-state index in [0.29, 0.717) is 23.8 Å². The molecule has 0 fully saturated rings. The van der Waals surface area contributed by atoms with Crippen LogP contribution in [0.4, 0.5) is 5.13 Å². The van der Waals surface area contributed by atoms with Crippen molar-refractivity contribution in [2.75, 3.05) is 45.5 Å². The maximum atomic E-state index is 13.2. The minimum Gasteiger partial charge on any atom is -0.497 e. The monoisotopic (exact) mass is 469 g/mol. The van der Waals surface area contributed by atoms with Gasteiger partial charge < -0.3 is 9.64 Å². The van der Waals surface area contributed by atoms with Gasteiger partial charge in [-0.15, -0.1) is 12.4 Å². The molecule has 0 atom stereocenters. The van der Waals surface area contributed by atoms with E-state index in [2.05, 4.69) is 4.98 Å². The first-order valence-electron chi connectivity index (χ1n) is 8.90. The molecule has 1 aromatic heterocycles. The Morgan fingerprint density at radius 3 is 2.33 bits per heavy atom. The van der Waals surface area contributed by atoms with Crippen molar-refractivity contribution >= 4 is 54.8 Å². The zero-order chi connectivity index (χ0) is 21.2. The maximum absolute atomic E-state index is 13.2. The second-order valence-corrected chi connectivity index (χ2v) is 9.91. The molecule has 30 heavy (non-hydrogen) atoms. The second kappa shape index (κ2) is 9.74. The van der Waals surface area contributed by atoms with Crippen LogP contribution in [0.3, 0.4) is 0 Å². The molecule has 0 radical (unpaired) electrons. The fourth-order valence-corrected chi connectivity index (χ4v) is 4.37. The van der Waals surface area contributed by atoms with Crippen molar-refractivity contribution in [1.29, 1.82) is 0 Å². The molecule has 7 nitrogen and oxygen atoms in total. The molecule has 2 aromatic carbocycles. The second-order valence-electron chi connectivity index (χ2n) is 6.89. The number of aromatic nitrogens is 1. The van der Waals surface area contributed by atoms with E-state index in [-0.39, 0.29) is 23.2 Å². The van der Waals surface area contributed by atoms with Gasteiger partial charge in [-0.2, -0.15) is 0 Å². The molecule has 0 saturated carbocycles. The standard InChI is InChI=1S/C20H23N3O4S2.ClH/c1-22(2)11-12-23(19(24)14-5-8-16(9-6-14)29(4,25)26)20-21-17-10-7-15(27-3)13-18(17)28-20;/h5-10,13H,11-12H2,1-4H3;1H. The number of carbonyl (C=O) groups excluding carboxylic acids is 1. The molecule has 0 N–H and O–H groups in total. The summed E-state index contributed by atoms with van der Waals surface area (Å²) in [4.78, 5) is 21.6. The Bertz CT molecular complexity index is 1130. The summed E-state index contributed by atoms with van der Waals surface area (Å²) in [7, 11) is 2.17. The van der Waals surface area contributed by atoms with Gasteiger partial charge in [-0.3, -0.25) is 9.69 Å². The lowest BCUT2D eigenvalue weighted by atomic mass is 10.2. The van der Waals surface area contributed by atoms with Crippen molar-refractivity contribution < 1.29 is 17.9 Å². The Hall–Kier alpha value is -2.20. The Labute approximate surface area is 186 Å². The molecule has 10 heteroatoms. The van der Waals surface area contributed by atoms with E-state index in [4.69, 9.17) is 4.74 Å². The van der Waals surface area contributed by atoms with Crippen molar-refractivity contribution in [2.24, 2.45) is 0 Å². The number of anilines is 1. The van der Waals surface area contributed by atoms with Crippen LogP contribution in [0.1, 0.15) is 10.4 Å². The van der Waals surface area contributed by atoms with E-state index in [1.807, 2.05) is 37.2 Å². The summed E-state index contributed by atoms with van der Waals surface area (Å²) in [6, 6.07) is 11.6. The van der Waals surface area contributed by atoms with Gasteiger partial charge in [0.15, 0.2) is 15.0 Å². The molecular weight excluding hydrogens is 446 g/mol. The van der Waals surface area contributed by atoms with Gasteiger partial charge in [0.05, 0.1) is 22.2 Å². The highest BCUT2D eigenvalue weighted by atomic mass is 35.5. The van der Waals surface area contributed by atoms with Crippen molar-refractivity contribution in [1.82, 2.24) is 9.88 Å². The lowest BCUT2D eigenvalue weighted by Gasteiger charge is -2.22. The van der Waals surface area contributed by atoms with Crippen LogP contribution in [0.25, 0.3) is 10.2 Å². The van der Waals surface area contributed by atoms with Crippen LogP contribution in [-0.4, -0.2) is 64.8 Å². The molecule has 1 heterocycles. The van der Waals surface area contributed by atoms with E-state index in [0.717, 1.165) is 22.2 Å². The molecule has 0 unspecified atom stereocenters. The van der Waals surface area contributed by atoms with Gasteiger partial charge in [-0.25, -0.2) is 13.4 Å². The third-order valence-corrected chi connectivity index (χ3v) is 6.53. The van der Waals surface area contributed by atoms with Gasteiger partial charge in [0.2, 0.25) is 0 Å². The van der Waals surface area contributed by atoms with Crippen LogP contribution < -0.4 is 9.64 Å². The van der Waals surface area contributed by atoms with E-state index >= 15 is 0 Å². The zero-order valence-corrected chi connectivity index (χ0v) is 19.6. The lowest BCUT2D eigenvalue weighted by Crippen LogP contribution is -2.36. The normalized spacial score (nSPS) is 11.4. The Morgan fingerprint density at radius 2 is 1.77 bits per heavy atom. The number of benzene rings is 2. The maximum Gasteiger partial charge on any atom is 0.260 e. The number of nitrogens with zero attached hydrogens (tertiary/aromatic N) is 3. The first-order chi connectivity index (χ1) is 13.7. The third-order valence-electron chi connectivity index (χ3n) is 4.36. The van der Waals surface area contributed by atoms with Crippen LogP contribution in [0, 0.1) is 0 Å². The largest absolute Gasteiger partial charge is 0.497 e. The highest BCUT2D eigenvalue weighted by molar-refractivity contribution is 7.90. The summed E-state index contributed by atoms with van der Waals surface area (Å²) in [5.74, 6) is 0.508. The molecule has 0 aliphatic rings. The predicted molar refractivity (Wildman–Crippen MR) is 123 cm³/mol. The smallest absolute Gasteiger partial charge is 0.260 e. The Balaban J connectivity index is 0.00000320. The number of methoxy groups -OCH3 is 1. The van der Waals surface area contributed by atoms with E-state index < -0.39 is 9.84 Å². The number of hydrogen-bond donors (Lipinski definition) is 0. The summed E-state index contributed by atoms with van der Waals surface area (Å²) >= 11 is 1.42. The number of amides is 1. The number of rotatable bonds is 7. The molecule has 0 bridgehead atoms. The van der Waals surface area contributed by atoms with E-state index in [9.17, 15) is 13.2 Å². The molecular formula is C20H24ClN3O4S2. The number of halogens is 1. The number of fused-ring (bicyclic) bond motifs is 1. The van der Waals surface area contributed by atoms with Crippen molar-refractivity contribution in [3.05, 3.63) is 48.0 Å². The summed E-state index contributed by atoms with van der Waals surface area (Å²) in [6.45, 7) is 1.11. The van der Waals surface area contributed by atoms with Crippen LogP contribution in [0.15, 0.2) is 47.4 Å². The summed E-state index contributed by atoms with van der Waals surface area (Å²) in [5, 5.41) is 0.590. The average Bonchev–Trinajstić information content (AvgIpc) is 3.09. The van der Waals surface area contributed by atoms with Crippen molar-refractivity contribution in [3.63, 3.8) is 0 Å². The number of carbonyl (C=O) groups is 1. The summed E-state index contributed by atoms with van der Waals surface area (Å²) in [6.07, 6.45) is 1.14. The minimum absolute atomic E-state index is 0. The van der Waals surface area contributed by atoms with Crippen LogP contribution in [0.2, 0.25) is 0 Å². The molecule has 3 rings (SSSR count). The number of sulfone groups is 1. The lowest BCUT2D eigenvalue weighted by molar-refractivity contribution is 0.0985. The number of hydrogen-bond acceptors (Lipinski definition) is 7. The van der Waals surface area contributed by atoms with Crippen LogP contribution >= 0.6 is 23.7 Å². The highest BCUT2D eigenvalue weighted by Gasteiger charge is 2.22. The van der Waals surface area contributed by atoms with Crippen molar-refractivity contribution in [3.8, 4) is 5.75 Å². The van der Waals surface area contributed by atoms with Gasteiger partial charge in [0.25, 0.3) is 5.91 Å². The van der Waals surface area contributed by atoms with Gasteiger partial charge in [0.1, 0.15) is 5.75 Å². The topological polar surface area (TPSA) is 79.8 Å². The molecule has 1 amide bonds. The Kier molecular flexibility index (Phi) is 7.81. The van der Waals surface area contributed by atoms with E-state index in [1.165, 1.54) is 35.6 Å². The molecule has 0 saturated heterocycles. The first kappa shape index (κ1) is 24.1. The highest BCUT2D eigenvalue weighted by Crippen LogP contribution is 2.32. The third kappa shape index (κ3) is 5.48. The van der Waals surface area contributed by atoms with Gasteiger partial charge in [-0.1, -0.05) is 11.3 Å². The predicted octanol–water partition coefficient (Wildman–Crippen LogP) is 3.34. The SMILES string of the molecule is COc1ccc2nc(N(CCN(C)C)C(=O)c3ccc(S(C)(=O)=O)cc3)sc2c1.Cl. The molecule has 162 valence electrons. The molecule has 0 spiro atoms. The van der Waals surface area contributed by atoms with Crippen molar-refractivity contribution in [2.45, 2.75) is 4.90 Å². The van der Waals surface area contributed by atoms with Gasteiger partial charge in [-0.05, 0) is 56.6 Å². The molecule has 0 aliphatic heterocycles. The van der Waals surface area contributed by atoms with Gasteiger partial charge >= 0.3 is 0 Å². The fraction of sp³-hybridized carbons (Fsp3) is 0.300. The zero-order valence-electron chi connectivity index (χ0n) is 17.2. The fourth-order valence-electron chi connectivity index (χ4n) is 2.72. The van der Waals surface area contributed by atoms with Gasteiger partial charge in [0, 0.05) is 24.9 Å². The summed E-state index contributed by atoms with van der Waals surface area (Å²) < 4.78 is 29.6. The summed E-state index contributed by atoms with van der Waals surface area (Å²) in [5.41, 5.74) is 1.20. The quantitative estimate of drug-likeness (QED) is 0.528. The Morgan fingerprint density at radius 1 is 1.10 bits per heavy atom.